The van der Waals surface area contributed by atoms with Crippen molar-refractivity contribution in [2.75, 3.05) is 45.9 Å². The van der Waals surface area contributed by atoms with Crippen LogP contribution in [-0.2, 0) is 19.3 Å². The van der Waals surface area contributed by atoms with Crippen LogP contribution >= 0.6 is 0 Å². The summed E-state index contributed by atoms with van der Waals surface area (Å²) in [5.74, 6) is 0.827. The van der Waals surface area contributed by atoms with Gasteiger partial charge in [-0.15, -0.1) is 0 Å². The van der Waals surface area contributed by atoms with Gasteiger partial charge in [-0.25, -0.2) is 13.2 Å². The maximum Gasteiger partial charge on any atom is 0.410 e. The average Bonchev–Trinajstić information content (AvgIpc) is 2.59. The van der Waals surface area contributed by atoms with Gasteiger partial charge in [-0.2, -0.15) is 0 Å². The Bertz CT molecular complexity index is 651. The van der Waals surface area contributed by atoms with E-state index in [-0.39, 0.29) is 6.09 Å². The summed E-state index contributed by atoms with van der Waals surface area (Å²) in [4.78, 5) is 16.0. The Balaban J connectivity index is 1.53. The van der Waals surface area contributed by atoms with E-state index in [0.29, 0.717) is 44.6 Å². The van der Waals surface area contributed by atoms with Crippen LogP contribution in [-0.4, -0.2) is 86.6 Å². The first-order chi connectivity index (χ1) is 13.1. The van der Waals surface area contributed by atoms with Crippen LogP contribution in [0.5, 0.6) is 0 Å². The Kier molecular flexibility index (Phi) is 6.58. The number of nitrogens with zero attached hydrogens (tertiary/aromatic N) is 2. The summed E-state index contributed by atoms with van der Waals surface area (Å²) < 4.78 is 36.8. The Morgan fingerprint density at radius 2 is 1.93 bits per heavy atom. The zero-order valence-corrected chi connectivity index (χ0v) is 18.3. The van der Waals surface area contributed by atoms with Crippen molar-refractivity contribution in [1.29, 1.82) is 0 Å². The van der Waals surface area contributed by atoms with Gasteiger partial charge in [0.15, 0.2) is 15.3 Å². The second kappa shape index (κ2) is 8.45. The monoisotopic (exact) mass is 417 g/mol. The van der Waals surface area contributed by atoms with Crippen molar-refractivity contribution in [3.63, 3.8) is 0 Å². The van der Waals surface area contributed by atoms with Crippen molar-refractivity contribution in [3.05, 3.63) is 0 Å². The van der Waals surface area contributed by atoms with Gasteiger partial charge >= 0.3 is 6.09 Å². The van der Waals surface area contributed by atoms with Gasteiger partial charge in [0.25, 0.3) is 0 Å². The predicted molar refractivity (Wildman–Crippen MR) is 107 cm³/mol. The molecule has 3 fully saturated rings. The van der Waals surface area contributed by atoms with Crippen LogP contribution in [0.15, 0.2) is 0 Å². The maximum atomic E-state index is 12.9. The molecule has 3 aliphatic heterocycles. The van der Waals surface area contributed by atoms with Crippen LogP contribution in [0.2, 0.25) is 0 Å². The summed E-state index contributed by atoms with van der Waals surface area (Å²) in [6.45, 7) is 11.8. The number of hydrogen-bond donors (Lipinski definition) is 1. The fourth-order valence-corrected chi connectivity index (χ4v) is 5.90. The summed E-state index contributed by atoms with van der Waals surface area (Å²) in [6.07, 6.45) is 1.81. The highest BCUT2D eigenvalue weighted by Gasteiger charge is 2.43. The molecule has 0 aliphatic carbocycles. The lowest BCUT2D eigenvalue weighted by atomic mass is 9.81. The van der Waals surface area contributed by atoms with Gasteiger partial charge in [-0.1, -0.05) is 0 Å². The van der Waals surface area contributed by atoms with Gasteiger partial charge in [0.2, 0.25) is 0 Å². The highest BCUT2D eigenvalue weighted by Crippen LogP contribution is 2.33. The standard InChI is InChI=1S/C19H35N3O5S/c1-14(28(24,25)17-10-20-7-9-26-17)21-8-5-6-15(11-21)16-12-22(13-16)18(23)27-19(2,3)4/h14-17,20H,5-13H2,1-4H3. The molecule has 0 spiro atoms. The number of carbonyl (C=O) groups excluding carboxylic acids is 1. The summed E-state index contributed by atoms with van der Waals surface area (Å²) in [6, 6.07) is 0. The number of amides is 1. The molecule has 0 aromatic carbocycles. The molecule has 0 radical (unpaired) electrons. The van der Waals surface area contributed by atoms with Crippen molar-refractivity contribution in [3.8, 4) is 0 Å². The molecule has 1 amide bonds. The van der Waals surface area contributed by atoms with Crippen molar-refractivity contribution in [2.24, 2.45) is 11.8 Å². The molecule has 1 N–H and O–H groups in total. The number of morpholine rings is 1. The summed E-state index contributed by atoms with van der Waals surface area (Å²) in [5, 5.41) is 2.55. The summed E-state index contributed by atoms with van der Waals surface area (Å²) in [7, 11) is -3.39. The highest BCUT2D eigenvalue weighted by molar-refractivity contribution is 7.92. The molecular weight excluding hydrogens is 382 g/mol. The topological polar surface area (TPSA) is 88.2 Å². The molecule has 0 aromatic rings. The molecule has 3 unspecified atom stereocenters. The lowest BCUT2D eigenvalue weighted by molar-refractivity contribution is -0.0203. The van der Waals surface area contributed by atoms with Crippen LogP contribution in [0.1, 0.15) is 40.5 Å². The van der Waals surface area contributed by atoms with Crippen LogP contribution in [0.25, 0.3) is 0 Å². The van der Waals surface area contributed by atoms with Crippen molar-refractivity contribution >= 4 is 15.9 Å². The van der Waals surface area contributed by atoms with E-state index in [1.165, 1.54) is 0 Å². The normalized spacial score (nSPS) is 29.2. The number of ether oxygens (including phenoxy) is 2. The van der Waals surface area contributed by atoms with Crippen LogP contribution in [0, 0.1) is 11.8 Å². The van der Waals surface area contributed by atoms with E-state index >= 15 is 0 Å². The zero-order chi connectivity index (χ0) is 20.5. The lowest BCUT2D eigenvalue weighted by Crippen LogP contribution is -2.58. The third-order valence-corrected chi connectivity index (χ3v) is 8.25. The maximum absolute atomic E-state index is 12.9. The summed E-state index contributed by atoms with van der Waals surface area (Å²) in [5.41, 5.74) is -1.24. The fourth-order valence-electron chi connectivity index (χ4n) is 4.22. The molecule has 8 nitrogen and oxygen atoms in total. The first kappa shape index (κ1) is 21.8. The molecule has 0 aromatic heterocycles. The van der Waals surface area contributed by atoms with E-state index < -0.39 is 26.2 Å². The Morgan fingerprint density at radius 3 is 2.54 bits per heavy atom. The van der Waals surface area contributed by atoms with Crippen molar-refractivity contribution in [2.45, 2.75) is 56.9 Å². The lowest BCUT2D eigenvalue weighted by Gasteiger charge is -2.47. The average molecular weight is 418 g/mol. The van der Waals surface area contributed by atoms with Crippen LogP contribution in [0.4, 0.5) is 4.79 Å². The first-order valence-electron chi connectivity index (χ1n) is 10.3. The SMILES string of the molecule is CC(N1CCCC(C2CN(C(=O)OC(C)(C)C)C2)C1)S(=O)(=O)C1CNCCO1. The van der Waals surface area contributed by atoms with Crippen molar-refractivity contribution < 1.29 is 22.7 Å². The van der Waals surface area contributed by atoms with Gasteiger partial charge in [0, 0.05) is 32.7 Å². The Morgan fingerprint density at radius 1 is 1.21 bits per heavy atom. The first-order valence-corrected chi connectivity index (χ1v) is 12.0. The zero-order valence-electron chi connectivity index (χ0n) is 17.5. The molecule has 0 saturated carbocycles. The highest BCUT2D eigenvalue weighted by atomic mass is 32.2. The molecule has 0 bridgehead atoms. The second-order valence-electron chi connectivity index (χ2n) is 9.24. The van der Waals surface area contributed by atoms with Gasteiger partial charge in [0.1, 0.15) is 11.0 Å². The molecule has 3 atom stereocenters. The van der Waals surface area contributed by atoms with E-state index in [0.717, 1.165) is 25.9 Å². The molecule has 3 heterocycles. The minimum Gasteiger partial charge on any atom is -0.444 e. The number of sulfone groups is 1. The Labute approximate surface area is 168 Å². The third-order valence-electron chi connectivity index (χ3n) is 5.97. The van der Waals surface area contributed by atoms with Gasteiger partial charge in [-0.3, -0.25) is 4.90 Å². The smallest absolute Gasteiger partial charge is 0.410 e. The number of hydrogen-bond acceptors (Lipinski definition) is 7. The van der Waals surface area contributed by atoms with Crippen LogP contribution < -0.4 is 5.32 Å². The van der Waals surface area contributed by atoms with E-state index in [2.05, 4.69) is 10.2 Å². The molecule has 3 saturated heterocycles. The molecule has 3 aliphatic rings. The number of nitrogens with one attached hydrogen (secondary N) is 1. The number of carbonyl (C=O) groups is 1. The molecule has 3 rings (SSSR count). The van der Waals surface area contributed by atoms with Crippen molar-refractivity contribution in [1.82, 2.24) is 15.1 Å². The fraction of sp³-hybridized carbons (Fsp3) is 0.947. The predicted octanol–water partition coefficient (Wildman–Crippen LogP) is 1.27. The minimum absolute atomic E-state index is 0.255. The quantitative estimate of drug-likeness (QED) is 0.737. The number of piperidine rings is 1. The summed E-state index contributed by atoms with van der Waals surface area (Å²) >= 11 is 0. The molecule has 9 heteroatoms. The van der Waals surface area contributed by atoms with Gasteiger partial charge in [-0.05, 0) is 58.9 Å². The molecular formula is C19H35N3O5S. The van der Waals surface area contributed by atoms with Gasteiger partial charge in [0.05, 0.1) is 6.61 Å². The van der Waals surface area contributed by atoms with E-state index in [1.807, 2.05) is 20.8 Å². The number of rotatable bonds is 4. The van der Waals surface area contributed by atoms with Gasteiger partial charge < -0.3 is 19.7 Å². The van der Waals surface area contributed by atoms with E-state index in [9.17, 15) is 13.2 Å². The molecule has 162 valence electrons. The largest absolute Gasteiger partial charge is 0.444 e. The number of likely N-dealkylation sites (tertiary alicyclic amines) is 2. The second-order valence-corrected chi connectivity index (χ2v) is 11.6. The third kappa shape index (κ3) is 4.98. The molecule has 28 heavy (non-hydrogen) atoms. The van der Waals surface area contributed by atoms with E-state index in [4.69, 9.17) is 9.47 Å². The van der Waals surface area contributed by atoms with Crippen LogP contribution in [0.3, 0.4) is 0 Å². The Hall–Kier alpha value is -0.900. The minimum atomic E-state index is -3.39. The van der Waals surface area contributed by atoms with E-state index in [1.54, 1.807) is 11.8 Å².